The van der Waals surface area contributed by atoms with Gasteiger partial charge in [0.1, 0.15) is 7.85 Å². The van der Waals surface area contributed by atoms with Gasteiger partial charge in [-0.1, -0.05) is 49.0 Å². The van der Waals surface area contributed by atoms with E-state index in [0.717, 1.165) is 5.70 Å². The number of carbonyl (C=O) groups is 1. The van der Waals surface area contributed by atoms with Crippen molar-refractivity contribution < 1.29 is 4.79 Å². The van der Waals surface area contributed by atoms with E-state index >= 15 is 0 Å². The summed E-state index contributed by atoms with van der Waals surface area (Å²) in [6.07, 6.45) is 11.8. The number of rotatable bonds is 6. The second-order valence-electron chi connectivity index (χ2n) is 4.68. The molecule has 23 heavy (non-hydrogen) atoms. The van der Waals surface area contributed by atoms with Crippen LogP contribution in [0.2, 0.25) is 0 Å². The molecule has 5 heteroatoms. The van der Waals surface area contributed by atoms with Gasteiger partial charge in [-0.05, 0) is 24.3 Å². The van der Waals surface area contributed by atoms with Gasteiger partial charge in [0.15, 0.2) is 0 Å². The maximum Gasteiger partial charge on any atom is 0.258 e. The molecular weight excluding hydrogens is 285 g/mol. The molecule has 1 heterocycles. The molecular formula is C18H16BN3O. The first-order chi connectivity index (χ1) is 11.1. The van der Waals surface area contributed by atoms with E-state index in [0.29, 0.717) is 16.7 Å². The first-order valence-corrected chi connectivity index (χ1v) is 6.98. The van der Waals surface area contributed by atoms with E-state index in [-0.39, 0.29) is 5.91 Å². The average molecular weight is 301 g/mol. The predicted octanol–water partition coefficient (Wildman–Crippen LogP) is 2.70. The third-order valence-electron chi connectivity index (χ3n) is 2.95. The van der Waals surface area contributed by atoms with Crippen molar-refractivity contribution in [3.63, 3.8) is 0 Å². The van der Waals surface area contributed by atoms with Crippen molar-refractivity contribution in [1.29, 1.82) is 0 Å². The summed E-state index contributed by atoms with van der Waals surface area (Å²) in [5.74, 6) is -0.257. The minimum atomic E-state index is -0.257. The number of hydrogen-bond donors (Lipinski definition) is 1. The van der Waals surface area contributed by atoms with Crippen molar-refractivity contribution in [2.75, 3.05) is 5.32 Å². The Morgan fingerprint density at radius 1 is 1.30 bits per heavy atom. The number of allylic oxidation sites excluding steroid dienone is 6. The summed E-state index contributed by atoms with van der Waals surface area (Å²) >= 11 is 0. The van der Waals surface area contributed by atoms with Crippen LogP contribution in [0.4, 0.5) is 5.69 Å². The van der Waals surface area contributed by atoms with Crippen molar-refractivity contribution >= 4 is 30.6 Å². The topological polar surface area (TPSA) is 46.9 Å². The summed E-state index contributed by atoms with van der Waals surface area (Å²) < 4.78 is 1.59. The standard InChI is InChI=1S/C18H16BN3O/c1-3-5-10-17(7-4-2)22-13-14(12-20-22)18(23)21-16-9-6-8-15(19)11-16/h3-13H,1-2H2,(H,21,23)/b10-5-,17-7+. The normalized spacial score (nSPS) is 11.4. The molecule has 0 atom stereocenters. The number of anilines is 1. The summed E-state index contributed by atoms with van der Waals surface area (Å²) in [5, 5.41) is 6.98. The van der Waals surface area contributed by atoms with Crippen LogP contribution in [0.1, 0.15) is 10.4 Å². The van der Waals surface area contributed by atoms with Gasteiger partial charge in [-0.2, -0.15) is 5.10 Å². The minimum absolute atomic E-state index is 0.257. The second-order valence-corrected chi connectivity index (χ2v) is 4.68. The summed E-state index contributed by atoms with van der Waals surface area (Å²) in [6, 6.07) is 7.00. The summed E-state index contributed by atoms with van der Waals surface area (Å²) in [6.45, 7) is 7.30. The molecule has 0 unspecified atom stereocenters. The quantitative estimate of drug-likeness (QED) is 0.658. The van der Waals surface area contributed by atoms with Crippen molar-refractivity contribution in [3.8, 4) is 0 Å². The molecule has 0 bridgehead atoms. The molecule has 1 N–H and O–H groups in total. The van der Waals surface area contributed by atoms with Crippen LogP contribution in [0.15, 0.2) is 80.2 Å². The van der Waals surface area contributed by atoms with Crippen LogP contribution < -0.4 is 10.8 Å². The Kier molecular flexibility index (Phi) is 5.53. The fourth-order valence-corrected chi connectivity index (χ4v) is 1.90. The van der Waals surface area contributed by atoms with E-state index in [1.807, 2.05) is 6.08 Å². The molecule has 0 saturated carbocycles. The zero-order chi connectivity index (χ0) is 16.7. The Morgan fingerprint density at radius 2 is 2.13 bits per heavy atom. The smallest absolute Gasteiger partial charge is 0.258 e. The Bertz CT molecular complexity index is 787. The SMILES string of the molecule is [B]c1cccc(NC(=O)c2cnn(C(/C=C\C=C)=C/C=C)c2)c1. The zero-order valence-electron chi connectivity index (χ0n) is 12.6. The monoisotopic (exact) mass is 301 g/mol. The molecule has 0 fully saturated rings. The molecule has 4 nitrogen and oxygen atoms in total. The molecule has 0 aliphatic carbocycles. The van der Waals surface area contributed by atoms with Crippen LogP contribution in [-0.2, 0) is 0 Å². The third kappa shape index (κ3) is 4.44. The molecule has 0 spiro atoms. The van der Waals surface area contributed by atoms with Crippen molar-refractivity contribution in [1.82, 2.24) is 9.78 Å². The molecule has 2 aromatic rings. The van der Waals surface area contributed by atoms with Gasteiger partial charge in [-0.3, -0.25) is 4.79 Å². The lowest BCUT2D eigenvalue weighted by Gasteiger charge is -2.04. The molecule has 1 aromatic heterocycles. The first-order valence-electron chi connectivity index (χ1n) is 6.98. The highest BCUT2D eigenvalue weighted by molar-refractivity contribution is 6.32. The van der Waals surface area contributed by atoms with E-state index < -0.39 is 0 Å². The largest absolute Gasteiger partial charge is 0.322 e. The average Bonchev–Trinajstić information content (AvgIpc) is 3.01. The number of hydrogen-bond acceptors (Lipinski definition) is 2. The summed E-state index contributed by atoms with van der Waals surface area (Å²) in [5.41, 5.74) is 2.43. The van der Waals surface area contributed by atoms with Crippen LogP contribution in [0, 0.1) is 0 Å². The number of aromatic nitrogens is 2. The molecule has 1 aromatic carbocycles. The number of benzene rings is 1. The van der Waals surface area contributed by atoms with E-state index in [4.69, 9.17) is 7.85 Å². The Hall–Kier alpha value is -3.08. The lowest BCUT2D eigenvalue weighted by Crippen LogP contribution is -2.13. The third-order valence-corrected chi connectivity index (χ3v) is 2.95. The number of amides is 1. The minimum Gasteiger partial charge on any atom is -0.322 e. The number of nitrogens with one attached hydrogen (secondary N) is 1. The maximum absolute atomic E-state index is 12.3. The fourth-order valence-electron chi connectivity index (χ4n) is 1.90. The van der Waals surface area contributed by atoms with Crippen LogP contribution >= 0.6 is 0 Å². The van der Waals surface area contributed by atoms with E-state index in [2.05, 4.69) is 23.6 Å². The van der Waals surface area contributed by atoms with Gasteiger partial charge in [0, 0.05) is 11.9 Å². The highest BCUT2D eigenvalue weighted by Crippen LogP contribution is 2.11. The number of carbonyl (C=O) groups excluding carboxylic acids is 1. The van der Waals surface area contributed by atoms with E-state index in [9.17, 15) is 4.79 Å². The molecule has 2 rings (SSSR count). The Morgan fingerprint density at radius 3 is 2.83 bits per heavy atom. The molecule has 0 aliphatic heterocycles. The maximum atomic E-state index is 12.3. The summed E-state index contributed by atoms with van der Waals surface area (Å²) in [4.78, 5) is 12.3. The van der Waals surface area contributed by atoms with Crippen molar-refractivity contribution in [2.45, 2.75) is 0 Å². The van der Waals surface area contributed by atoms with E-state index in [1.165, 1.54) is 6.20 Å². The molecule has 0 saturated heterocycles. The van der Waals surface area contributed by atoms with Gasteiger partial charge in [0.05, 0.1) is 17.5 Å². The highest BCUT2D eigenvalue weighted by atomic mass is 16.1. The van der Waals surface area contributed by atoms with Crippen molar-refractivity contribution in [3.05, 3.63) is 85.8 Å². The van der Waals surface area contributed by atoms with Crippen LogP contribution in [0.3, 0.4) is 0 Å². The van der Waals surface area contributed by atoms with Gasteiger partial charge in [0.25, 0.3) is 5.91 Å². The highest BCUT2D eigenvalue weighted by Gasteiger charge is 2.10. The van der Waals surface area contributed by atoms with Crippen LogP contribution in [0.5, 0.6) is 0 Å². The van der Waals surface area contributed by atoms with Gasteiger partial charge in [-0.25, -0.2) is 4.68 Å². The van der Waals surface area contributed by atoms with Crippen LogP contribution in [-0.4, -0.2) is 23.5 Å². The fraction of sp³-hybridized carbons (Fsp3) is 0. The Labute approximate surface area is 136 Å². The number of nitrogens with zero attached hydrogens (tertiary/aromatic N) is 2. The Balaban J connectivity index is 2.19. The van der Waals surface area contributed by atoms with E-state index in [1.54, 1.807) is 59.4 Å². The molecule has 1 amide bonds. The lowest BCUT2D eigenvalue weighted by molar-refractivity contribution is 0.102. The molecule has 112 valence electrons. The first kappa shape index (κ1) is 16.3. The van der Waals surface area contributed by atoms with Crippen LogP contribution in [0.25, 0.3) is 5.70 Å². The second kappa shape index (κ2) is 7.80. The van der Waals surface area contributed by atoms with Gasteiger partial charge >= 0.3 is 0 Å². The van der Waals surface area contributed by atoms with Gasteiger partial charge in [0.2, 0.25) is 0 Å². The van der Waals surface area contributed by atoms with Gasteiger partial charge < -0.3 is 5.32 Å². The summed E-state index contributed by atoms with van der Waals surface area (Å²) in [7, 11) is 5.70. The lowest BCUT2D eigenvalue weighted by atomic mass is 9.96. The molecule has 0 aliphatic rings. The molecule has 2 radical (unpaired) electrons. The predicted molar refractivity (Wildman–Crippen MR) is 95.8 cm³/mol. The zero-order valence-corrected chi connectivity index (χ0v) is 12.6. The van der Waals surface area contributed by atoms with Crippen molar-refractivity contribution in [2.24, 2.45) is 0 Å². The van der Waals surface area contributed by atoms with Gasteiger partial charge in [-0.15, -0.1) is 0 Å².